The molecule has 2 N–H and O–H groups in total. The van der Waals surface area contributed by atoms with Gasteiger partial charge in [-0.2, -0.15) is 0 Å². The van der Waals surface area contributed by atoms with Crippen LogP contribution in [0.15, 0.2) is 28.0 Å². The molecule has 0 aromatic carbocycles. The molecule has 5 nitrogen and oxygen atoms in total. The average Bonchev–Trinajstić information content (AvgIpc) is 2.03. The summed E-state index contributed by atoms with van der Waals surface area (Å²) in [6.45, 7) is 4.93. The van der Waals surface area contributed by atoms with Gasteiger partial charge in [0.05, 0.1) is 4.92 Å². The van der Waals surface area contributed by atoms with Crippen molar-refractivity contribution in [2.45, 2.75) is 6.92 Å². The van der Waals surface area contributed by atoms with Gasteiger partial charge in [-0.25, -0.2) is 4.99 Å². The first-order valence-corrected chi connectivity index (χ1v) is 3.79. The molecule has 13 heavy (non-hydrogen) atoms. The molecule has 0 aliphatic rings. The van der Waals surface area contributed by atoms with Crippen molar-refractivity contribution in [2.24, 2.45) is 10.7 Å². The molecule has 0 spiro atoms. The molecule has 0 atom stereocenters. The molecule has 0 aliphatic carbocycles. The number of halogens is 1. The van der Waals surface area contributed by atoms with E-state index in [2.05, 4.69) is 11.6 Å². The second-order valence-corrected chi connectivity index (χ2v) is 2.70. The summed E-state index contributed by atoms with van der Waals surface area (Å²) < 4.78 is 0. The van der Waals surface area contributed by atoms with Crippen molar-refractivity contribution in [1.29, 1.82) is 0 Å². The van der Waals surface area contributed by atoms with Crippen LogP contribution in [-0.4, -0.2) is 17.7 Å². The zero-order valence-corrected chi connectivity index (χ0v) is 7.91. The van der Waals surface area contributed by atoms with Crippen molar-refractivity contribution in [3.8, 4) is 0 Å². The molecule has 0 saturated carbocycles. The van der Waals surface area contributed by atoms with Crippen molar-refractivity contribution < 1.29 is 4.92 Å². The normalized spacial score (nSPS) is 12.8. The molecule has 0 aromatic rings. The predicted molar refractivity (Wildman–Crippen MR) is 52.2 cm³/mol. The van der Waals surface area contributed by atoms with Crippen LogP contribution in [-0.2, 0) is 0 Å². The fourth-order valence-electron chi connectivity index (χ4n) is 0.549. The minimum Gasteiger partial charge on any atom is -0.327 e. The van der Waals surface area contributed by atoms with Crippen LogP contribution in [0.3, 0.4) is 0 Å². The summed E-state index contributed by atoms with van der Waals surface area (Å²) >= 11 is 5.31. The summed E-state index contributed by atoms with van der Waals surface area (Å²) in [5.74, 6) is 0. The van der Waals surface area contributed by atoms with E-state index in [1.54, 1.807) is 6.92 Å². The van der Waals surface area contributed by atoms with E-state index < -0.39 is 4.92 Å². The van der Waals surface area contributed by atoms with Crippen LogP contribution >= 0.6 is 11.6 Å². The van der Waals surface area contributed by atoms with Gasteiger partial charge in [-0.1, -0.05) is 18.2 Å². The molecule has 0 unspecified atom stereocenters. The second kappa shape index (κ2) is 5.45. The number of allylic oxidation sites excluding steroid dienone is 1. The van der Waals surface area contributed by atoms with E-state index in [1.807, 2.05) is 0 Å². The second-order valence-electron chi connectivity index (χ2n) is 2.26. The largest absolute Gasteiger partial charge is 0.327 e. The highest BCUT2D eigenvalue weighted by atomic mass is 35.5. The molecule has 0 heterocycles. The van der Waals surface area contributed by atoms with Crippen LogP contribution in [0.1, 0.15) is 6.92 Å². The third-order valence-corrected chi connectivity index (χ3v) is 1.36. The molecule has 0 radical (unpaired) electrons. The first kappa shape index (κ1) is 11.8. The lowest BCUT2D eigenvalue weighted by Crippen LogP contribution is -2.10. The Kier molecular flexibility index (Phi) is 4.94. The number of nitrogens with zero attached hydrogens (tertiary/aromatic N) is 2. The summed E-state index contributed by atoms with van der Waals surface area (Å²) in [6.07, 6.45) is 1.04. The van der Waals surface area contributed by atoms with Crippen LogP contribution in [0.4, 0.5) is 0 Å². The maximum Gasteiger partial charge on any atom is 0.287 e. The highest BCUT2D eigenvalue weighted by Gasteiger charge is 2.10. The fourth-order valence-corrected chi connectivity index (χ4v) is 0.598. The van der Waals surface area contributed by atoms with E-state index in [0.717, 1.165) is 6.21 Å². The quantitative estimate of drug-likeness (QED) is 0.323. The van der Waals surface area contributed by atoms with Crippen molar-refractivity contribution in [3.05, 3.63) is 33.1 Å². The van der Waals surface area contributed by atoms with Crippen molar-refractivity contribution in [3.63, 3.8) is 0 Å². The third-order valence-electron chi connectivity index (χ3n) is 1.27. The highest BCUT2D eigenvalue weighted by Crippen LogP contribution is 2.03. The molecule has 0 rings (SSSR count). The SMILES string of the molecule is C=C(Cl)N=C/C(=C(/C)CN)[N+](=O)[O-]. The van der Waals surface area contributed by atoms with Crippen molar-refractivity contribution in [1.82, 2.24) is 0 Å². The Morgan fingerprint density at radius 3 is 2.69 bits per heavy atom. The Labute approximate surface area is 80.7 Å². The van der Waals surface area contributed by atoms with E-state index >= 15 is 0 Å². The number of hydrogen-bond acceptors (Lipinski definition) is 4. The number of nitro groups is 1. The summed E-state index contributed by atoms with van der Waals surface area (Å²) in [5.41, 5.74) is 5.53. The van der Waals surface area contributed by atoms with Gasteiger partial charge in [-0.05, 0) is 6.92 Å². The van der Waals surface area contributed by atoms with Crippen LogP contribution < -0.4 is 5.73 Å². The number of hydrogen-bond donors (Lipinski definition) is 1. The number of nitrogens with two attached hydrogens (primary N) is 1. The molecule has 0 saturated heterocycles. The Hall–Kier alpha value is -1.20. The molecular weight excluding hydrogens is 194 g/mol. The van der Waals surface area contributed by atoms with Crippen molar-refractivity contribution in [2.75, 3.05) is 6.54 Å². The monoisotopic (exact) mass is 203 g/mol. The van der Waals surface area contributed by atoms with Gasteiger partial charge in [0.15, 0.2) is 0 Å². The smallest absolute Gasteiger partial charge is 0.287 e. The van der Waals surface area contributed by atoms with E-state index in [9.17, 15) is 10.1 Å². The third kappa shape index (κ3) is 4.39. The molecule has 0 amide bonds. The van der Waals surface area contributed by atoms with Gasteiger partial charge in [0.25, 0.3) is 5.70 Å². The summed E-state index contributed by atoms with van der Waals surface area (Å²) in [7, 11) is 0. The lowest BCUT2D eigenvalue weighted by molar-refractivity contribution is -0.415. The van der Waals surface area contributed by atoms with Gasteiger partial charge in [-0.3, -0.25) is 10.1 Å². The minimum atomic E-state index is -0.564. The fraction of sp³-hybridized carbons (Fsp3) is 0.286. The van der Waals surface area contributed by atoms with Gasteiger partial charge < -0.3 is 5.73 Å². The van der Waals surface area contributed by atoms with Crippen LogP contribution in [0.25, 0.3) is 0 Å². The number of aliphatic imine (C=N–C) groups is 1. The molecule has 72 valence electrons. The molecular formula is C7H10ClN3O2. The summed E-state index contributed by atoms with van der Waals surface area (Å²) in [4.78, 5) is 13.4. The molecule has 0 aromatic heterocycles. The topological polar surface area (TPSA) is 81.5 Å². The van der Waals surface area contributed by atoms with Crippen molar-refractivity contribution >= 4 is 17.8 Å². The van der Waals surface area contributed by atoms with E-state index in [4.69, 9.17) is 17.3 Å². The Morgan fingerprint density at radius 2 is 2.38 bits per heavy atom. The van der Waals surface area contributed by atoms with Crippen LogP contribution in [0.2, 0.25) is 0 Å². The number of rotatable bonds is 4. The lowest BCUT2D eigenvalue weighted by atomic mass is 10.2. The minimum absolute atomic E-state index is 0.0100. The maximum absolute atomic E-state index is 10.4. The van der Waals surface area contributed by atoms with E-state index in [1.165, 1.54) is 0 Å². The highest BCUT2D eigenvalue weighted by molar-refractivity contribution is 6.29. The van der Waals surface area contributed by atoms with Crippen LogP contribution in [0, 0.1) is 10.1 Å². The first-order valence-electron chi connectivity index (χ1n) is 3.41. The van der Waals surface area contributed by atoms with Crippen LogP contribution in [0.5, 0.6) is 0 Å². The molecule has 6 heteroatoms. The Morgan fingerprint density at radius 1 is 1.85 bits per heavy atom. The van der Waals surface area contributed by atoms with E-state index in [-0.39, 0.29) is 17.4 Å². The zero-order valence-electron chi connectivity index (χ0n) is 7.16. The maximum atomic E-state index is 10.4. The summed E-state index contributed by atoms with van der Waals surface area (Å²) in [5, 5.41) is 10.4. The molecule has 0 fully saturated rings. The van der Waals surface area contributed by atoms with Gasteiger partial charge in [0.2, 0.25) is 0 Å². The lowest BCUT2D eigenvalue weighted by Gasteiger charge is -1.95. The van der Waals surface area contributed by atoms with Gasteiger partial charge >= 0.3 is 0 Å². The average molecular weight is 204 g/mol. The first-order chi connectivity index (χ1) is 5.99. The predicted octanol–water partition coefficient (Wildman–Crippen LogP) is 1.28. The van der Waals surface area contributed by atoms with E-state index in [0.29, 0.717) is 5.57 Å². The molecule has 0 bridgehead atoms. The molecule has 0 aliphatic heterocycles. The zero-order chi connectivity index (χ0) is 10.4. The van der Waals surface area contributed by atoms with Gasteiger partial charge in [0, 0.05) is 12.1 Å². The Bertz CT molecular complexity index is 283. The van der Waals surface area contributed by atoms with Gasteiger partial charge in [0.1, 0.15) is 11.4 Å². The Balaban J connectivity index is 4.85. The summed E-state index contributed by atoms with van der Waals surface area (Å²) in [6, 6.07) is 0. The van der Waals surface area contributed by atoms with Gasteiger partial charge in [-0.15, -0.1) is 0 Å². The standard InChI is InChI=1S/C7H10ClN3O2/c1-5(3-9)7(11(12)13)4-10-6(2)8/h4H,2-3,9H2,1H3/b7-5+,10-4?.